The lowest BCUT2D eigenvalue weighted by atomic mass is 10.2. The molecule has 0 aliphatic heterocycles. The van der Waals surface area contributed by atoms with Gasteiger partial charge >= 0.3 is 0 Å². The highest BCUT2D eigenvalue weighted by Gasteiger charge is 2.09. The van der Waals surface area contributed by atoms with Gasteiger partial charge in [-0.25, -0.2) is 0 Å². The molecule has 3 nitrogen and oxygen atoms in total. The minimum atomic E-state index is -0.169. The molecule has 2 heterocycles. The molecule has 2 rings (SSSR count). The van der Waals surface area contributed by atoms with Crippen LogP contribution in [-0.4, -0.2) is 17.6 Å². The van der Waals surface area contributed by atoms with E-state index in [2.05, 4.69) is 30.1 Å². The van der Waals surface area contributed by atoms with Gasteiger partial charge in [0.1, 0.15) is 6.61 Å². The standard InChI is InChI=1S/C15H15NO2S2/c1-2-11-7-9-19-14(11)10-16-15(18)13-6-5-12(20-13)4-3-8-17/h5-7,9,17H,2,8,10H2,1H3,(H,16,18). The summed E-state index contributed by atoms with van der Waals surface area (Å²) in [6, 6.07) is 5.65. The molecule has 0 aliphatic rings. The van der Waals surface area contributed by atoms with E-state index in [1.807, 2.05) is 5.38 Å². The first-order valence-electron chi connectivity index (χ1n) is 6.27. The highest BCUT2D eigenvalue weighted by molar-refractivity contribution is 7.14. The number of aryl methyl sites for hydroxylation is 1. The molecule has 0 aliphatic carbocycles. The highest BCUT2D eigenvalue weighted by Crippen LogP contribution is 2.18. The van der Waals surface area contributed by atoms with Crippen LogP contribution in [0.4, 0.5) is 0 Å². The molecule has 0 spiro atoms. The van der Waals surface area contributed by atoms with Crippen LogP contribution in [0.2, 0.25) is 0 Å². The monoisotopic (exact) mass is 305 g/mol. The summed E-state index contributed by atoms with van der Waals surface area (Å²) in [6.07, 6.45) is 0.981. The molecule has 20 heavy (non-hydrogen) atoms. The Kier molecular flexibility index (Phi) is 5.36. The number of rotatable bonds is 4. The van der Waals surface area contributed by atoms with E-state index in [9.17, 15) is 4.79 Å². The number of amides is 1. The van der Waals surface area contributed by atoms with Crippen LogP contribution in [0.5, 0.6) is 0 Å². The predicted octanol–water partition coefficient (Wildman–Crippen LogP) is 2.65. The third-order valence-electron chi connectivity index (χ3n) is 2.75. The molecule has 104 valence electrons. The Hall–Kier alpha value is -1.61. The van der Waals surface area contributed by atoms with Crippen molar-refractivity contribution >= 4 is 28.6 Å². The summed E-state index contributed by atoms with van der Waals surface area (Å²) in [4.78, 5) is 14.7. The lowest BCUT2D eigenvalue weighted by molar-refractivity contribution is 0.0955. The highest BCUT2D eigenvalue weighted by atomic mass is 32.1. The number of thiophene rings is 2. The minimum absolute atomic E-state index is 0.0810. The Morgan fingerprint density at radius 3 is 3.00 bits per heavy atom. The van der Waals surface area contributed by atoms with Crippen molar-refractivity contribution in [3.63, 3.8) is 0 Å². The molecular formula is C15H15NO2S2. The molecule has 0 radical (unpaired) electrons. The molecule has 1 amide bonds. The minimum Gasteiger partial charge on any atom is -0.384 e. The van der Waals surface area contributed by atoms with Gasteiger partial charge in [-0.1, -0.05) is 18.8 Å². The van der Waals surface area contributed by atoms with Crippen molar-refractivity contribution in [2.45, 2.75) is 19.9 Å². The topological polar surface area (TPSA) is 49.3 Å². The fraction of sp³-hybridized carbons (Fsp3) is 0.267. The van der Waals surface area contributed by atoms with Gasteiger partial charge in [0.15, 0.2) is 0 Å². The molecule has 2 aromatic heterocycles. The van der Waals surface area contributed by atoms with Crippen LogP contribution in [-0.2, 0) is 13.0 Å². The number of aliphatic hydroxyl groups is 1. The number of hydrogen-bond acceptors (Lipinski definition) is 4. The van der Waals surface area contributed by atoms with Crippen LogP contribution in [0.1, 0.15) is 31.9 Å². The molecule has 0 saturated heterocycles. The first-order chi connectivity index (χ1) is 9.74. The molecule has 0 atom stereocenters. The van der Waals surface area contributed by atoms with Gasteiger partial charge in [-0.3, -0.25) is 4.79 Å². The zero-order valence-electron chi connectivity index (χ0n) is 11.1. The van der Waals surface area contributed by atoms with E-state index >= 15 is 0 Å². The Bertz CT molecular complexity index is 646. The SMILES string of the molecule is CCc1ccsc1CNC(=O)c1ccc(C#CCO)s1. The van der Waals surface area contributed by atoms with E-state index in [0.29, 0.717) is 11.4 Å². The second-order valence-corrected chi connectivity index (χ2v) is 6.11. The van der Waals surface area contributed by atoms with E-state index in [0.717, 1.165) is 11.3 Å². The molecule has 2 aromatic rings. The summed E-state index contributed by atoms with van der Waals surface area (Å²) in [6.45, 7) is 2.51. The molecule has 0 unspecified atom stereocenters. The largest absolute Gasteiger partial charge is 0.384 e. The Morgan fingerprint density at radius 1 is 1.40 bits per heavy atom. The number of aliphatic hydroxyl groups excluding tert-OH is 1. The van der Waals surface area contributed by atoms with Gasteiger partial charge in [0, 0.05) is 4.88 Å². The van der Waals surface area contributed by atoms with E-state index in [1.165, 1.54) is 21.8 Å². The van der Waals surface area contributed by atoms with Crippen molar-refractivity contribution in [1.29, 1.82) is 0 Å². The number of hydrogen-bond donors (Lipinski definition) is 2. The van der Waals surface area contributed by atoms with E-state index < -0.39 is 0 Å². The van der Waals surface area contributed by atoms with Gasteiger partial charge in [0.25, 0.3) is 5.91 Å². The van der Waals surface area contributed by atoms with Crippen LogP contribution < -0.4 is 5.32 Å². The maximum absolute atomic E-state index is 12.0. The van der Waals surface area contributed by atoms with Crippen molar-refractivity contribution in [3.8, 4) is 11.8 Å². The lowest BCUT2D eigenvalue weighted by Gasteiger charge is -2.03. The number of carbonyl (C=O) groups is 1. The zero-order chi connectivity index (χ0) is 14.4. The summed E-state index contributed by atoms with van der Waals surface area (Å²) >= 11 is 3.00. The average molecular weight is 305 g/mol. The van der Waals surface area contributed by atoms with Crippen LogP contribution in [0.25, 0.3) is 0 Å². The first-order valence-corrected chi connectivity index (χ1v) is 7.97. The molecule has 5 heteroatoms. The lowest BCUT2D eigenvalue weighted by Crippen LogP contribution is -2.21. The molecule has 0 saturated carbocycles. The quantitative estimate of drug-likeness (QED) is 0.853. The second kappa shape index (κ2) is 7.25. The first kappa shape index (κ1) is 14.8. The number of nitrogens with one attached hydrogen (secondary N) is 1. The van der Waals surface area contributed by atoms with Crippen LogP contribution >= 0.6 is 22.7 Å². The van der Waals surface area contributed by atoms with Crippen molar-refractivity contribution in [2.75, 3.05) is 6.61 Å². The van der Waals surface area contributed by atoms with E-state index in [4.69, 9.17) is 5.11 Å². The molecule has 2 N–H and O–H groups in total. The smallest absolute Gasteiger partial charge is 0.261 e. The van der Waals surface area contributed by atoms with Crippen LogP contribution in [0, 0.1) is 11.8 Å². The fourth-order valence-corrected chi connectivity index (χ4v) is 3.45. The van der Waals surface area contributed by atoms with Gasteiger partial charge in [0.2, 0.25) is 0 Å². The third kappa shape index (κ3) is 3.70. The Morgan fingerprint density at radius 2 is 2.25 bits per heavy atom. The summed E-state index contributed by atoms with van der Waals surface area (Å²) in [7, 11) is 0. The molecule has 0 fully saturated rings. The fourth-order valence-electron chi connectivity index (χ4n) is 1.74. The van der Waals surface area contributed by atoms with Crippen LogP contribution in [0.15, 0.2) is 23.6 Å². The van der Waals surface area contributed by atoms with E-state index in [-0.39, 0.29) is 12.5 Å². The van der Waals surface area contributed by atoms with Gasteiger partial charge < -0.3 is 10.4 Å². The third-order valence-corrected chi connectivity index (χ3v) is 4.71. The number of carbonyl (C=O) groups excluding carboxylic acids is 1. The van der Waals surface area contributed by atoms with Crippen molar-refractivity contribution in [1.82, 2.24) is 5.32 Å². The van der Waals surface area contributed by atoms with Gasteiger partial charge in [0.05, 0.1) is 16.3 Å². The summed E-state index contributed by atoms with van der Waals surface area (Å²) in [5.41, 5.74) is 1.29. The maximum Gasteiger partial charge on any atom is 0.261 e. The van der Waals surface area contributed by atoms with Gasteiger partial charge in [-0.15, -0.1) is 22.7 Å². The van der Waals surface area contributed by atoms with Gasteiger partial charge in [-0.05, 0) is 35.6 Å². The summed E-state index contributed by atoms with van der Waals surface area (Å²) in [5, 5.41) is 13.6. The van der Waals surface area contributed by atoms with Crippen molar-refractivity contribution in [2.24, 2.45) is 0 Å². The van der Waals surface area contributed by atoms with Gasteiger partial charge in [-0.2, -0.15) is 0 Å². The Labute approximate surface area is 126 Å². The summed E-state index contributed by atoms with van der Waals surface area (Å²) in [5.74, 6) is 5.29. The molecular weight excluding hydrogens is 290 g/mol. The summed E-state index contributed by atoms with van der Waals surface area (Å²) < 4.78 is 0. The van der Waals surface area contributed by atoms with Crippen LogP contribution in [0.3, 0.4) is 0 Å². The van der Waals surface area contributed by atoms with E-state index in [1.54, 1.807) is 23.5 Å². The zero-order valence-corrected chi connectivity index (χ0v) is 12.7. The predicted molar refractivity (Wildman–Crippen MR) is 83.2 cm³/mol. The molecule has 0 aromatic carbocycles. The maximum atomic E-state index is 12.0. The second-order valence-electron chi connectivity index (χ2n) is 4.03. The molecule has 0 bridgehead atoms. The van der Waals surface area contributed by atoms with Crippen molar-refractivity contribution in [3.05, 3.63) is 43.8 Å². The van der Waals surface area contributed by atoms with Crippen molar-refractivity contribution < 1.29 is 9.90 Å². The normalized spacial score (nSPS) is 9.90. The average Bonchev–Trinajstić information content (AvgIpc) is 3.11. The Balaban J connectivity index is 1.96.